The molecule has 0 aliphatic rings. The van der Waals surface area contributed by atoms with Crippen molar-refractivity contribution in [2.75, 3.05) is 4.90 Å². The van der Waals surface area contributed by atoms with E-state index in [0.717, 1.165) is 4.90 Å². The molecule has 2 amide bonds. The van der Waals surface area contributed by atoms with E-state index in [4.69, 9.17) is 39.8 Å². The molecule has 0 aliphatic carbocycles. The smallest absolute Gasteiger partial charge is 0.273 e. The minimum absolute atomic E-state index is 0.0325. The SMILES string of the molecule is CC(=O)N(C(C)=O)c1c(Cl)c(=O)n(CC(C)C)c2nc(-c3ccc(F)cc3Cl)c(-c3ccc(Cl)cc3)cc12. The van der Waals surface area contributed by atoms with E-state index in [-0.39, 0.29) is 33.8 Å². The first-order valence-corrected chi connectivity index (χ1v) is 12.8. The summed E-state index contributed by atoms with van der Waals surface area (Å²) >= 11 is 19.2. The van der Waals surface area contributed by atoms with Crippen LogP contribution in [-0.2, 0) is 16.1 Å². The average molecular weight is 575 g/mol. The van der Waals surface area contributed by atoms with Gasteiger partial charge in [-0.2, -0.15) is 0 Å². The van der Waals surface area contributed by atoms with E-state index in [1.807, 2.05) is 13.8 Å². The lowest BCUT2D eigenvalue weighted by Gasteiger charge is -2.24. The zero-order valence-electron chi connectivity index (χ0n) is 21.0. The Hall–Kier alpha value is -3.26. The Labute approximate surface area is 233 Å². The minimum atomic E-state index is -0.611. The summed E-state index contributed by atoms with van der Waals surface area (Å²) in [5, 5.41) is 0.665. The summed E-state index contributed by atoms with van der Waals surface area (Å²) in [7, 11) is 0. The van der Waals surface area contributed by atoms with E-state index in [0.29, 0.717) is 32.8 Å². The monoisotopic (exact) mass is 573 g/mol. The van der Waals surface area contributed by atoms with Crippen LogP contribution in [0.4, 0.5) is 10.1 Å². The van der Waals surface area contributed by atoms with E-state index in [1.165, 1.54) is 36.6 Å². The Morgan fingerprint density at radius 1 is 0.974 bits per heavy atom. The van der Waals surface area contributed by atoms with Crippen molar-refractivity contribution in [1.29, 1.82) is 0 Å². The maximum atomic E-state index is 13.9. The third-order valence-electron chi connectivity index (χ3n) is 5.90. The third-order valence-corrected chi connectivity index (χ3v) is 6.80. The molecule has 0 unspecified atom stereocenters. The van der Waals surface area contributed by atoms with E-state index in [2.05, 4.69) is 0 Å². The summed E-state index contributed by atoms with van der Waals surface area (Å²) < 4.78 is 15.3. The Kier molecular flexibility index (Phi) is 7.93. The second-order valence-electron chi connectivity index (χ2n) is 9.23. The lowest BCUT2D eigenvalue weighted by molar-refractivity contribution is -0.124. The zero-order valence-corrected chi connectivity index (χ0v) is 23.2. The summed E-state index contributed by atoms with van der Waals surface area (Å²) in [6.45, 7) is 6.54. The van der Waals surface area contributed by atoms with Crippen molar-refractivity contribution >= 4 is 63.3 Å². The summed E-state index contributed by atoms with van der Waals surface area (Å²) in [5.74, 6) is -1.71. The van der Waals surface area contributed by atoms with Gasteiger partial charge in [0.1, 0.15) is 16.5 Å². The minimum Gasteiger partial charge on any atom is -0.291 e. The molecule has 0 aliphatic heterocycles. The number of aromatic nitrogens is 2. The number of halogens is 4. The first-order valence-electron chi connectivity index (χ1n) is 11.7. The average Bonchev–Trinajstić information content (AvgIpc) is 2.84. The number of pyridine rings is 2. The number of rotatable bonds is 5. The van der Waals surface area contributed by atoms with Crippen LogP contribution in [0, 0.1) is 11.7 Å². The highest BCUT2D eigenvalue weighted by Gasteiger charge is 2.28. The molecule has 0 saturated carbocycles. The van der Waals surface area contributed by atoms with Gasteiger partial charge in [0.25, 0.3) is 5.56 Å². The highest BCUT2D eigenvalue weighted by Crippen LogP contribution is 2.41. The molecule has 4 aromatic rings. The number of hydrogen-bond acceptors (Lipinski definition) is 4. The molecule has 196 valence electrons. The van der Waals surface area contributed by atoms with Crippen LogP contribution < -0.4 is 10.5 Å². The topological polar surface area (TPSA) is 72.3 Å². The number of hydrogen-bond donors (Lipinski definition) is 0. The molecule has 6 nitrogen and oxygen atoms in total. The van der Waals surface area contributed by atoms with Gasteiger partial charge in [-0.15, -0.1) is 0 Å². The number of anilines is 1. The number of benzene rings is 2. The molecular weight excluding hydrogens is 552 g/mol. The van der Waals surface area contributed by atoms with Gasteiger partial charge in [0, 0.05) is 41.9 Å². The highest BCUT2D eigenvalue weighted by atomic mass is 35.5. The molecule has 0 radical (unpaired) electrons. The molecule has 0 saturated heterocycles. The van der Waals surface area contributed by atoms with E-state index >= 15 is 0 Å². The van der Waals surface area contributed by atoms with Gasteiger partial charge in [0.05, 0.1) is 16.4 Å². The normalized spacial score (nSPS) is 11.3. The molecule has 0 spiro atoms. The van der Waals surface area contributed by atoms with Gasteiger partial charge in [-0.05, 0) is 47.9 Å². The number of carbonyl (C=O) groups excluding carboxylic acids is 2. The summed E-state index contributed by atoms with van der Waals surface area (Å²) in [4.78, 5) is 44.3. The van der Waals surface area contributed by atoms with E-state index in [9.17, 15) is 18.8 Å². The molecular formula is C28H23Cl3FN3O3. The maximum absolute atomic E-state index is 13.9. The van der Waals surface area contributed by atoms with Gasteiger partial charge in [-0.25, -0.2) is 14.3 Å². The predicted octanol–water partition coefficient (Wildman–Crippen LogP) is 7.39. The fraction of sp³-hybridized carbons (Fsp3) is 0.214. The molecule has 0 bridgehead atoms. The molecule has 0 fully saturated rings. The highest BCUT2D eigenvalue weighted by molar-refractivity contribution is 6.37. The maximum Gasteiger partial charge on any atom is 0.273 e. The Balaban J connectivity index is 2.25. The van der Waals surface area contributed by atoms with Crippen LogP contribution >= 0.6 is 34.8 Å². The quantitative estimate of drug-likeness (QED) is 0.249. The fourth-order valence-corrected chi connectivity index (χ4v) is 5.01. The zero-order chi connectivity index (χ0) is 27.9. The molecule has 0 N–H and O–H groups in total. The van der Waals surface area contributed by atoms with Gasteiger partial charge in [0.15, 0.2) is 0 Å². The van der Waals surface area contributed by atoms with Crippen LogP contribution in [0.15, 0.2) is 53.3 Å². The predicted molar refractivity (Wildman–Crippen MR) is 151 cm³/mol. The van der Waals surface area contributed by atoms with Crippen molar-refractivity contribution < 1.29 is 14.0 Å². The van der Waals surface area contributed by atoms with E-state index in [1.54, 1.807) is 30.3 Å². The summed E-state index contributed by atoms with van der Waals surface area (Å²) in [6, 6.07) is 12.6. The first-order chi connectivity index (χ1) is 17.9. The number of amides is 2. The van der Waals surface area contributed by atoms with Gasteiger partial charge >= 0.3 is 0 Å². The van der Waals surface area contributed by atoms with Crippen molar-refractivity contribution in [3.05, 3.63) is 79.8 Å². The summed E-state index contributed by atoms with van der Waals surface area (Å²) in [6.07, 6.45) is 0. The van der Waals surface area contributed by atoms with Crippen LogP contribution in [0.2, 0.25) is 15.1 Å². The van der Waals surface area contributed by atoms with Crippen molar-refractivity contribution in [3.63, 3.8) is 0 Å². The largest absolute Gasteiger partial charge is 0.291 e. The van der Waals surface area contributed by atoms with Crippen molar-refractivity contribution in [2.45, 2.75) is 34.2 Å². The van der Waals surface area contributed by atoms with Gasteiger partial charge in [-0.1, -0.05) is 60.8 Å². The van der Waals surface area contributed by atoms with Crippen molar-refractivity contribution in [3.8, 4) is 22.4 Å². The molecule has 38 heavy (non-hydrogen) atoms. The molecule has 4 rings (SSSR count). The lowest BCUT2D eigenvalue weighted by atomic mass is 9.97. The van der Waals surface area contributed by atoms with Crippen LogP contribution in [0.25, 0.3) is 33.4 Å². The second kappa shape index (κ2) is 10.8. The first kappa shape index (κ1) is 27.8. The Bertz CT molecular complexity index is 1640. The van der Waals surface area contributed by atoms with Crippen LogP contribution in [-0.4, -0.2) is 21.4 Å². The number of nitrogens with zero attached hydrogens (tertiary/aromatic N) is 3. The van der Waals surface area contributed by atoms with Gasteiger partial charge < -0.3 is 0 Å². The molecule has 2 aromatic heterocycles. The number of carbonyl (C=O) groups is 2. The lowest BCUT2D eigenvalue weighted by Crippen LogP contribution is -2.36. The Morgan fingerprint density at radius 2 is 1.61 bits per heavy atom. The summed E-state index contributed by atoms with van der Waals surface area (Å²) in [5.41, 5.74) is 1.57. The fourth-order valence-electron chi connectivity index (χ4n) is 4.34. The van der Waals surface area contributed by atoms with Gasteiger partial charge in [0.2, 0.25) is 11.8 Å². The second-order valence-corrected chi connectivity index (χ2v) is 10.5. The van der Waals surface area contributed by atoms with E-state index < -0.39 is 23.2 Å². The molecule has 2 heterocycles. The molecule has 10 heteroatoms. The number of fused-ring (bicyclic) bond motifs is 1. The van der Waals surface area contributed by atoms with Crippen LogP contribution in [0.1, 0.15) is 27.7 Å². The van der Waals surface area contributed by atoms with Crippen LogP contribution in [0.5, 0.6) is 0 Å². The Morgan fingerprint density at radius 3 is 2.16 bits per heavy atom. The third kappa shape index (κ3) is 5.19. The molecule has 2 aromatic carbocycles. The number of imide groups is 1. The van der Waals surface area contributed by atoms with Crippen molar-refractivity contribution in [2.24, 2.45) is 5.92 Å². The van der Waals surface area contributed by atoms with Crippen LogP contribution in [0.3, 0.4) is 0 Å². The standard InChI is InChI=1S/C28H23Cl3FN3O3/c1-14(2)13-34-27-22(26(24(31)28(34)38)35(15(3)36)16(4)37)12-21(17-5-7-18(29)8-6-17)25(33-27)20-10-9-19(32)11-23(20)30/h5-12,14H,13H2,1-4H3. The molecule has 0 atom stereocenters. The van der Waals surface area contributed by atoms with Gasteiger partial charge in [-0.3, -0.25) is 19.0 Å². The van der Waals surface area contributed by atoms with Crippen molar-refractivity contribution in [1.82, 2.24) is 9.55 Å².